The minimum atomic E-state index is -0.992. The molecule has 2 rings (SSSR count). The van der Waals surface area contributed by atoms with Crippen LogP contribution in [0.5, 0.6) is 0 Å². The van der Waals surface area contributed by atoms with E-state index < -0.39 is 8.07 Å². The van der Waals surface area contributed by atoms with E-state index in [1.54, 1.807) is 8.32 Å². The van der Waals surface area contributed by atoms with Crippen molar-refractivity contribution in [3.8, 4) is 0 Å². The normalized spacial score (nSPS) is 12.6. The summed E-state index contributed by atoms with van der Waals surface area (Å²) in [5.41, 5.74) is 0. The van der Waals surface area contributed by atoms with Gasteiger partial charge in [0.15, 0.2) is 0 Å². The number of hydrogen-bond donors (Lipinski definition) is 0. The molecule has 0 amide bonds. The molecule has 0 saturated heterocycles. The monoisotopic (exact) mass is 260 g/mol. The molecule has 0 nitrogen and oxygen atoms in total. The Hall–Kier alpha value is 0.176. The Balaban J connectivity index is 2.59. The van der Waals surface area contributed by atoms with E-state index in [1.807, 2.05) is 11.3 Å². The summed E-state index contributed by atoms with van der Waals surface area (Å²) in [4.78, 5) is 0. The average molecular weight is 259 g/mol. The minimum absolute atomic E-state index is 0.666. The van der Waals surface area contributed by atoms with Gasteiger partial charge in [-0.2, -0.15) is 0 Å². The predicted molar refractivity (Wildman–Crippen MR) is 61.7 cm³/mol. The first kappa shape index (κ1) is 8.76. The Labute approximate surface area is 84.0 Å². The summed E-state index contributed by atoms with van der Waals surface area (Å²) in [6.07, 6.45) is 0. The van der Waals surface area contributed by atoms with Gasteiger partial charge in [-0.1, -0.05) is 0 Å². The summed E-state index contributed by atoms with van der Waals surface area (Å²) >= 11 is 2.51. The van der Waals surface area contributed by atoms with Crippen molar-refractivity contribution < 1.29 is 0 Å². The molecule has 0 bridgehead atoms. The van der Waals surface area contributed by atoms with Gasteiger partial charge in [0.05, 0.1) is 0 Å². The zero-order valence-corrected chi connectivity index (χ0v) is 11.1. The molecule has 0 N–H and O–H groups in total. The first-order valence-corrected chi connectivity index (χ1v) is 10.2. The van der Waals surface area contributed by atoms with Crippen molar-refractivity contribution in [2.45, 2.75) is 19.6 Å². The summed E-state index contributed by atoms with van der Waals surface area (Å²) in [5, 5.41) is 6.11. The Morgan fingerprint density at radius 1 is 1.25 bits per heavy atom. The van der Waals surface area contributed by atoms with Crippen LogP contribution in [0.1, 0.15) is 0 Å². The molecule has 0 atom stereocenters. The molecule has 3 heteroatoms. The van der Waals surface area contributed by atoms with E-state index in [0.29, 0.717) is 14.5 Å². The van der Waals surface area contributed by atoms with Gasteiger partial charge in [-0.3, -0.25) is 0 Å². The topological polar surface area (TPSA) is 0 Å². The van der Waals surface area contributed by atoms with E-state index in [4.69, 9.17) is 0 Å². The van der Waals surface area contributed by atoms with E-state index in [1.165, 1.54) is 5.39 Å². The molecule has 0 aliphatic carbocycles. The Bertz CT molecular complexity index is 365. The first-order valence-electron chi connectivity index (χ1n) is 4.03. The fourth-order valence-electron chi connectivity index (χ4n) is 1.14. The Morgan fingerprint density at radius 2 is 2.00 bits per heavy atom. The molecule has 12 heavy (non-hydrogen) atoms. The summed E-state index contributed by atoms with van der Waals surface area (Å²) < 4.78 is 3.39. The van der Waals surface area contributed by atoms with Gasteiger partial charge in [0, 0.05) is 0 Å². The van der Waals surface area contributed by atoms with Crippen LogP contribution in [0, 0.1) is 0 Å². The van der Waals surface area contributed by atoms with Crippen molar-refractivity contribution >= 4 is 47.6 Å². The maximum atomic E-state index is 2.44. The third-order valence-corrected chi connectivity index (χ3v) is 10.9. The summed E-state index contributed by atoms with van der Waals surface area (Å²) in [6, 6.07) is 2.44. The summed E-state index contributed by atoms with van der Waals surface area (Å²) in [6.45, 7) is 7.32. The molecule has 0 saturated carbocycles. The van der Waals surface area contributed by atoms with Gasteiger partial charge in [-0.15, -0.1) is 0 Å². The van der Waals surface area contributed by atoms with E-state index in [2.05, 4.69) is 36.5 Å². The number of fused-ring (bicyclic) bond motifs is 1. The number of rotatable bonds is 1. The van der Waals surface area contributed by atoms with Crippen LogP contribution in [0.25, 0.3) is 9.65 Å². The van der Waals surface area contributed by atoms with Crippen molar-refractivity contribution in [1.29, 1.82) is 0 Å². The molecule has 0 radical (unpaired) electrons. The zero-order valence-electron chi connectivity index (χ0n) is 7.55. The summed E-state index contributed by atoms with van der Waals surface area (Å²) in [5.74, 6) is 0. The fourth-order valence-corrected chi connectivity index (χ4v) is 7.46. The van der Waals surface area contributed by atoms with Crippen LogP contribution in [0.3, 0.4) is 0 Å². The molecule has 0 aliphatic rings. The molecule has 0 aliphatic heterocycles. The van der Waals surface area contributed by atoms with Gasteiger partial charge in [0.1, 0.15) is 0 Å². The van der Waals surface area contributed by atoms with Crippen LogP contribution in [-0.2, 0) is 0 Å². The Morgan fingerprint density at radius 3 is 2.58 bits per heavy atom. The quantitative estimate of drug-likeness (QED) is 0.690. The average Bonchev–Trinajstić information content (AvgIpc) is 2.37. The van der Waals surface area contributed by atoms with E-state index in [-0.39, 0.29) is 0 Å². The van der Waals surface area contributed by atoms with Gasteiger partial charge in [-0.05, 0) is 0 Å². The van der Waals surface area contributed by atoms with Gasteiger partial charge in [-0.25, -0.2) is 0 Å². The third-order valence-electron chi connectivity index (χ3n) is 1.90. The van der Waals surface area contributed by atoms with Gasteiger partial charge >= 0.3 is 84.1 Å². The standard InChI is InChI=1S/C9H12SSeSi/c1-12(2,3)9-4-7-5-10-6-8(7)11-9/h4-6H,1-3H3. The molecule has 2 aromatic rings. The second-order valence-electron chi connectivity index (χ2n) is 4.05. The van der Waals surface area contributed by atoms with Gasteiger partial charge in [0.2, 0.25) is 0 Å². The molecule has 0 spiro atoms. The summed E-state index contributed by atoms with van der Waals surface area (Å²) in [7, 11) is -0.992. The maximum absolute atomic E-state index is 2.44. The molecule has 0 aromatic carbocycles. The van der Waals surface area contributed by atoms with Crippen molar-refractivity contribution in [2.24, 2.45) is 0 Å². The van der Waals surface area contributed by atoms with Crippen LogP contribution in [-0.4, -0.2) is 22.6 Å². The molecular formula is C9H12SSeSi. The van der Waals surface area contributed by atoms with Crippen LogP contribution in [0.15, 0.2) is 16.8 Å². The van der Waals surface area contributed by atoms with Crippen molar-refractivity contribution in [1.82, 2.24) is 0 Å². The van der Waals surface area contributed by atoms with E-state index in [9.17, 15) is 0 Å². The van der Waals surface area contributed by atoms with E-state index >= 15 is 0 Å². The molecule has 0 fully saturated rings. The van der Waals surface area contributed by atoms with Crippen molar-refractivity contribution in [3.63, 3.8) is 0 Å². The first-order chi connectivity index (χ1) is 5.57. The third kappa shape index (κ3) is 1.47. The second-order valence-corrected chi connectivity index (χ2v) is 12.9. The fraction of sp³-hybridized carbons (Fsp3) is 0.333. The molecule has 2 heterocycles. The van der Waals surface area contributed by atoms with E-state index in [0.717, 1.165) is 0 Å². The van der Waals surface area contributed by atoms with Crippen molar-refractivity contribution in [3.05, 3.63) is 16.8 Å². The van der Waals surface area contributed by atoms with Crippen molar-refractivity contribution in [2.75, 3.05) is 0 Å². The van der Waals surface area contributed by atoms with Crippen LogP contribution in [0.2, 0.25) is 19.6 Å². The molecule has 2 aromatic heterocycles. The number of thiophene rings is 1. The van der Waals surface area contributed by atoms with Gasteiger partial charge < -0.3 is 0 Å². The number of hydrogen-bond acceptors (Lipinski definition) is 1. The molecular weight excluding hydrogens is 247 g/mol. The van der Waals surface area contributed by atoms with Crippen LogP contribution < -0.4 is 4.06 Å². The van der Waals surface area contributed by atoms with Crippen LogP contribution >= 0.6 is 11.3 Å². The SMILES string of the molecule is C[Si](C)(C)c1cc2cscc2[se]1. The Kier molecular flexibility index (Phi) is 2.08. The van der Waals surface area contributed by atoms with Crippen LogP contribution in [0.4, 0.5) is 0 Å². The molecule has 64 valence electrons. The van der Waals surface area contributed by atoms with Gasteiger partial charge in [0.25, 0.3) is 0 Å². The zero-order chi connectivity index (χ0) is 8.77. The second kappa shape index (κ2) is 2.84. The molecule has 0 unspecified atom stereocenters. The predicted octanol–water partition coefficient (Wildman–Crippen LogP) is 2.50.